The second-order valence-electron chi connectivity index (χ2n) is 5.53. The topological polar surface area (TPSA) is 58.4 Å². The van der Waals surface area contributed by atoms with Crippen molar-refractivity contribution in [2.75, 3.05) is 19.6 Å². The van der Waals surface area contributed by atoms with Crippen molar-refractivity contribution >= 4 is 17.5 Å². The molecular formula is C15H22ClN3O. The van der Waals surface area contributed by atoms with Crippen LogP contribution in [0, 0.1) is 5.92 Å². The molecule has 1 aliphatic heterocycles. The van der Waals surface area contributed by atoms with E-state index in [4.69, 9.17) is 17.3 Å². The van der Waals surface area contributed by atoms with Gasteiger partial charge in [-0.3, -0.25) is 9.69 Å². The highest BCUT2D eigenvalue weighted by molar-refractivity contribution is 6.31. The zero-order chi connectivity index (χ0) is 14.5. The molecule has 1 aliphatic rings. The molecule has 0 spiro atoms. The van der Waals surface area contributed by atoms with E-state index in [0.29, 0.717) is 24.0 Å². The Hall–Kier alpha value is -1.10. The Bertz CT molecular complexity index is 466. The summed E-state index contributed by atoms with van der Waals surface area (Å²) >= 11 is 6.06. The predicted octanol–water partition coefficient (Wildman–Crippen LogP) is 1.63. The van der Waals surface area contributed by atoms with Crippen LogP contribution < -0.4 is 11.1 Å². The number of carbonyl (C=O) groups excluding carboxylic acids is 1. The Morgan fingerprint density at radius 2 is 2.25 bits per heavy atom. The lowest BCUT2D eigenvalue weighted by Gasteiger charge is -2.34. The van der Waals surface area contributed by atoms with Gasteiger partial charge in [0.1, 0.15) is 0 Å². The number of hydrogen-bond acceptors (Lipinski definition) is 3. The average Bonchev–Trinajstić information content (AvgIpc) is 2.42. The van der Waals surface area contributed by atoms with Gasteiger partial charge in [-0.2, -0.15) is 0 Å². The van der Waals surface area contributed by atoms with Gasteiger partial charge >= 0.3 is 0 Å². The minimum Gasteiger partial charge on any atom is -0.351 e. The molecular weight excluding hydrogens is 274 g/mol. The van der Waals surface area contributed by atoms with Crippen molar-refractivity contribution in [3.05, 3.63) is 34.9 Å². The number of amides is 1. The first-order chi connectivity index (χ1) is 9.56. The molecule has 2 unspecified atom stereocenters. The highest BCUT2D eigenvalue weighted by Crippen LogP contribution is 2.16. The smallest absolute Gasteiger partial charge is 0.234 e. The summed E-state index contributed by atoms with van der Waals surface area (Å²) in [4.78, 5) is 14.1. The van der Waals surface area contributed by atoms with Gasteiger partial charge in [0.2, 0.25) is 5.91 Å². The Balaban J connectivity index is 1.77. The van der Waals surface area contributed by atoms with E-state index in [1.807, 2.05) is 24.3 Å². The molecule has 0 bridgehead atoms. The number of hydrogen-bond donors (Lipinski definition) is 2. The number of nitrogens with one attached hydrogen (secondary N) is 1. The molecule has 0 aromatic heterocycles. The van der Waals surface area contributed by atoms with E-state index in [0.717, 1.165) is 25.1 Å². The zero-order valence-electron chi connectivity index (χ0n) is 11.8. The maximum absolute atomic E-state index is 11.9. The van der Waals surface area contributed by atoms with E-state index >= 15 is 0 Å². The lowest BCUT2D eigenvalue weighted by atomic mass is 9.94. The van der Waals surface area contributed by atoms with Crippen molar-refractivity contribution in [1.29, 1.82) is 0 Å². The quantitative estimate of drug-likeness (QED) is 0.887. The van der Waals surface area contributed by atoms with Gasteiger partial charge in [-0.05, 0) is 30.5 Å². The monoisotopic (exact) mass is 295 g/mol. The van der Waals surface area contributed by atoms with Gasteiger partial charge in [0.25, 0.3) is 0 Å². The van der Waals surface area contributed by atoms with Crippen LogP contribution >= 0.6 is 11.6 Å². The van der Waals surface area contributed by atoms with E-state index < -0.39 is 0 Å². The summed E-state index contributed by atoms with van der Waals surface area (Å²) in [6.07, 6.45) is 1.05. The Labute approximate surface area is 125 Å². The van der Waals surface area contributed by atoms with Crippen LogP contribution in [0.1, 0.15) is 18.9 Å². The number of nitrogens with two attached hydrogens (primary N) is 1. The minimum atomic E-state index is 0.0201. The lowest BCUT2D eigenvalue weighted by Crippen LogP contribution is -2.50. The SMILES string of the molecule is CC1CCN(CC(=O)NCc2ccccc2Cl)CC1N. The second kappa shape index (κ2) is 7.07. The first kappa shape index (κ1) is 15.3. The Morgan fingerprint density at radius 3 is 2.95 bits per heavy atom. The molecule has 110 valence electrons. The molecule has 2 atom stereocenters. The van der Waals surface area contributed by atoms with Crippen molar-refractivity contribution in [2.24, 2.45) is 11.7 Å². The van der Waals surface area contributed by atoms with Crippen LogP contribution in [0.5, 0.6) is 0 Å². The normalized spacial score (nSPS) is 23.6. The molecule has 4 nitrogen and oxygen atoms in total. The number of benzene rings is 1. The summed E-state index contributed by atoms with van der Waals surface area (Å²) in [6.45, 7) is 4.77. The van der Waals surface area contributed by atoms with E-state index in [2.05, 4.69) is 17.1 Å². The van der Waals surface area contributed by atoms with E-state index in [9.17, 15) is 4.79 Å². The maximum Gasteiger partial charge on any atom is 0.234 e. The zero-order valence-corrected chi connectivity index (χ0v) is 12.6. The first-order valence-corrected chi connectivity index (χ1v) is 7.42. The van der Waals surface area contributed by atoms with Crippen LogP contribution in [0.15, 0.2) is 24.3 Å². The number of halogens is 1. The minimum absolute atomic E-state index is 0.0201. The second-order valence-corrected chi connectivity index (χ2v) is 5.94. The Morgan fingerprint density at radius 1 is 1.50 bits per heavy atom. The Kier molecular flexibility index (Phi) is 5.40. The van der Waals surface area contributed by atoms with Crippen molar-refractivity contribution in [2.45, 2.75) is 25.9 Å². The lowest BCUT2D eigenvalue weighted by molar-refractivity contribution is -0.122. The highest BCUT2D eigenvalue weighted by Gasteiger charge is 2.24. The molecule has 1 heterocycles. The van der Waals surface area contributed by atoms with Crippen molar-refractivity contribution in [3.63, 3.8) is 0 Å². The fraction of sp³-hybridized carbons (Fsp3) is 0.533. The highest BCUT2D eigenvalue weighted by atomic mass is 35.5. The van der Waals surface area contributed by atoms with Gasteiger partial charge in [0.15, 0.2) is 0 Å². The standard InChI is InChI=1S/C15H22ClN3O/c1-11-6-7-19(9-14(11)17)10-15(20)18-8-12-4-2-3-5-13(12)16/h2-5,11,14H,6-10,17H2,1H3,(H,18,20). The number of piperidine rings is 1. The first-order valence-electron chi connectivity index (χ1n) is 7.04. The third kappa shape index (κ3) is 4.20. The largest absolute Gasteiger partial charge is 0.351 e. The van der Waals surface area contributed by atoms with E-state index in [-0.39, 0.29) is 11.9 Å². The number of likely N-dealkylation sites (tertiary alicyclic amines) is 1. The third-order valence-corrected chi connectivity index (χ3v) is 4.27. The summed E-state index contributed by atoms with van der Waals surface area (Å²) < 4.78 is 0. The number of rotatable bonds is 4. The van der Waals surface area contributed by atoms with Crippen molar-refractivity contribution in [1.82, 2.24) is 10.2 Å². The predicted molar refractivity (Wildman–Crippen MR) is 81.5 cm³/mol. The summed E-state index contributed by atoms with van der Waals surface area (Å²) in [5.41, 5.74) is 6.97. The number of nitrogens with zero attached hydrogens (tertiary/aromatic N) is 1. The number of carbonyl (C=O) groups is 1. The average molecular weight is 296 g/mol. The van der Waals surface area contributed by atoms with Crippen LogP contribution in [0.4, 0.5) is 0 Å². The van der Waals surface area contributed by atoms with Gasteiger partial charge in [0.05, 0.1) is 6.54 Å². The molecule has 3 N–H and O–H groups in total. The van der Waals surface area contributed by atoms with E-state index in [1.54, 1.807) is 0 Å². The summed E-state index contributed by atoms with van der Waals surface area (Å²) in [6, 6.07) is 7.71. The molecule has 0 saturated carbocycles. The summed E-state index contributed by atoms with van der Waals surface area (Å²) in [5.74, 6) is 0.559. The van der Waals surface area contributed by atoms with Gasteiger partial charge in [0, 0.05) is 24.2 Å². The van der Waals surface area contributed by atoms with Gasteiger partial charge < -0.3 is 11.1 Å². The van der Waals surface area contributed by atoms with Crippen LogP contribution in [-0.4, -0.2) is 36.5 Å². The molecule has 1 aromatic rings. The van der Waals surface area contributed by atoms with Crippen LogP contribution in [0.25, 0.3) is 0 Å². The maximum atomic E-state index is 11.9. The van der Waals surface area contributed by atoms with Crippen LogP contribution in [0.3, 0.4) is 0 Å². The fourth-order valence-electron chi connectivity index (χ4n) is 2.41. The molecule has 1 saturated heterocycles. The molecule has 0 aliphatic carbocycles. The molecule has 20 heavy (non-hydrogen) atoms. The molecule has 1 amide bonds. The van der Waals surface area contributed by atoms with Crippen molar-refractivity contribution in [3.8, 4) is 0 Å². The molecule has 1 aromatic carbocycles. The summed E-state index contributed by atoms with van der Waals surface area (Å²) in [7, 11) is 0. The third-order valence-electron chi connectivity index (χ3n) is 3.90. The van der Waals surface area contributed by atoms with Crippen LogP contribution in [0.2, 0.25) is 5.02 Å². The fourth-order valence-corrected chi connectivity index (χ4v) is 2.61. The van der Waals surface area contributed by atoms with Crippen molar-refractivity contribution < 1.29 is 4.79 Å². The summed E-state index contributed by atoms with van der Waals surface area (Å²) in [5, 5.41) is 3.59. The molecule has 1 fully saturated rings. The van der Waals surface area contributed by atoms with Gasteiger partial charge in [-0.1, -0.05) is 36.7 Å². The molecule has 5 heteroatoms. The van der Waals surface area contributed by atoms with Gasteiger partial charge in [-0.15, -0.1) is 0 Å². The van der Waals surface area contributed by atoms with Gasteiger partial charge in [-0.25, -0.2) is 0 Å². The molecule has 0 radical (unpaired) electrons. The molecule has 2 rings (SSSR count). The van der Waals surface area contributed by atoms with Crippen LogP contribution in [-0.2, 0) is 11.3 Å². The van der Waals surface area contributed by atoms with E-state index in [1.165, 1.54) is 0 Å².